The van der Waals surface area contributed by atoms with E-state index in [-0.39, 0.29) is 40.7 Å². The molecular formula is C23H28FN3O4S. The van der Waals surface area contributed by atoms with Gasteiger partial charge < -0.3 is 10.2 Å². The molecule has 0 unspecified atom stereocenters. The number of rotatable bonds is 7. The maximum Gasteiger partial charge on any atom is 0.256 e. The standard InChI is InChI=1S/C23H28FN3O4S/c1-16(2)22(28)26-18-7-9-19(10-8-18)32(30,31)25-15-17-11-13-27(14-12-17)23(29)20-5-3-4-6-21(20)24/h3-10,16-17,25H,11-15H2,1-2H3,(H,26,28). The number of nitrogens with zero attached hydrogens (tertiary/aromatic N) is 1. The molecule has 2 aromatic carbocycles. The van der Waals surface area contributed by atoms with Crippen molar-refractivity contribution in [2.45, 2.75) is 31.6 Å². The van der Waals surface area contributed by atoms with Gasteiger partial charge in [-0.3, -0.25) is 9.59 Å². The van der Waals surface area contributed by atoms with Crippen molar-refractivity contribution in [1.29, 1.82) is 0 Å². The molecule has 1 fully saturated rings. The first kappa shape index (κ1) is 23.9. The molecule has 32 heavy (non-hydrogen) atoms. The molecule has 2 N–H and O–H groups in total. The summed E-state index contributed by atoms with van der Waals surface area (Å²) in [7, 11) is -3.69. The molecule has 1 saturated heterocycles. The summed E-state index contributed by atoms with van der Waals surface area (Å²) in [6.07, 6.45) is 1.26. The molecule has 0 spiro atoms. The van der Waals surface area contributed by atoms with E-state index in [1.807, 2.05) is 0 Å². The summed E-state index contributed by atoms with van der Waals surface area (Å²) in [4.78, 5) is 26.0. The maximum atomic E-state index is 13.9. The molecule has 2 amide bonds. The van der Waals surface area contributed by atoms with Crippen molar-refractivity contribution in [3.05, 3.63) is 59.9 Å². The van der Waals surface area contributed by atoms with Crippen LogP contribution < -0.4 is 10.0 Å². The summed E-state index contributed by atoms with van der Waals surface area (Å²) in [5.74, 6) is -1.11. The first-order valence-corrected chi connectivity index (χ1v) is 12.1. The van der Waals surface area contributed by atoms with Gasteiger partial charge in [-0.1, -0.05) is 26.0 Å². The van der Waals surface area contributed by atoms with Gasteiger partial charge >= 0.3 is 0 Å². The second-order valence-electron chi connectivity index (χ2n) is 8.24. The van der Waals surface area contributed by atoms with E-state index >= 15 is 0 Å². The third-order valence-corrected chi connectivity index (χ3v) is 6.96. The van der Waals surface area contributed by atoms with E-state index in [1.165, 1.54) is 24.3 Å². The zero-order valence-corrected chi connectivity index (χ0v) is 19.0. The van der Waals surface area contributed by atoms with Crippen molar-refractivity contribution < 1.29 is 22.4 Å². The minimum Gasteiger partial charge on any atom is -0.339 e. The number of likely N-dealkylation sites (tertiary alicyclic amines) is 1. The normalized spacial score (nSPS) is 15.1. The van der Waals surface area contributed by atoms with E-state index < -0.39 is 15.8 Å². The minimum atomic E-state index is -3.69. The van der Waals surface area contributed by atoms with Crippen LogP contribution in [0.15, 0.2) is 53.4 Å². The number of piperidine rings is 1. The predicted molar refractivity (Wildman–Crippen MR) is 120 cm³/mol. The van der Waals surface area contributed by atoms with E-state index in [0.717, 1.165) is 0 Å². The molecule has 1 heterocycles. The van der Waals surface area contributed by atoms with Gasteiger partial charge in [0.15, 0.2) is 0 Å². The van der Waals surface area contributed by atoms with E-state index in [2.05, 4.69) is 10.0 Å². The monoisotopic (exact) mass is 461 g/mol. The van der Waals surface area contributed by atoms with Crippen LogP contribution in [-0.2, 0) is 14.8 Å². The molecule has 1 aliphatic rings. The van der Waals surface area contributed by atoms with Crippen LogP contribution in [0.25, 0.3) is 0 Å². The number of carbonyl (C=O) groups excluding carboxylic acids is 2. The number of amides is 2. The molecule has 0 radical (unpaired) electrons. The number of hydrogen-bond donors (Lipinski definition) is 2. The number of halogens is 1. The molecule has 0 atom stereocenters. The van der Waals surface area contributed by atoms with Gasteiger partial charge in [-0.25, -0.2) is 17.5 Å². The summed E-state index contributed by atoms with van der Waals surface area (Å²) in [6, 6.07) is 11.9. The molecule has 0 aromatic heterocycles. The van der Waals surface area contributed by atoms with Crippen LogP contribution in [0.3, 0.4) is 0 Å². The largest absolute Gasteiger partial charge is 0.339 e. The molecule has 0 bridgehead atoms. The highest BCUT2D eigenvalue weighted by atomic mass is 32.2. The molecule has 3 rings (SSSR count). The van der Waals surface area contributed by atoms with Gasteiger partial charge in [0.2, 0.25) is 15.9 Å². The lowest BCUT2D eigenvalue weighted by Crippen LogP contribution is -2.41. The van der Waals surface area contributed by atoms with Crippen LogP contribution >= 0.6 is 0 Å². The van der Waals surface area contributed by atoms with Gasteiger partial charge in [-0.05, 0) is 55.2 Å². The topological polar surface area (TPSA) is 95.6 Å². The Morgan fingerprint density at radius 2 is 1.69 bits per heavy atom. The SMILES string of the molecule is CC(C)C(=O)Nc1ccc(S(=O)(=O)NCC2CCN(C(=O)c3ccccc3F)CC2)cc1. The van der Waals surface area contributed by atoms with Gasteiger partial charge in [-0.15, -0.1) is 0 Å². The van der Waals surface area contributed by atoms with Gasteiger partial charge in [0.25, 0.3) is 5.91 Å². The summed E-state index contributed by atoms with van der Waals surface area (Å²) in [5.41, 5.74) is 0.592. The van der Waals surface area contributed by atoms with Crippen molar-refractivity contribution in [2.24, 2.45) is 11.8 Å². The Hall–Kier alpha value is -2.78. The van der Waals surface area contributed by atoms with Crippen LogP contribution in [0.2, 0.25) is 0 Å². The lowest BCUT2D eigenvalue weighted by Gasteiger charge is -2.32. The van der Waals surface area contributed by atoms with Crippen molar-refractivity contribution in [3.8, 4) is 0 Å². The Kier molecular flexibility index (Phi) is 7.63. The second-order valence-corrected chi connectivity index (χ2v) is 10.0. The highest BCUT2D eigenvalue weighted by Gasteiger charge is 2.26. The van der Waals surface area contributed by atoms with Gasteiger partial charge in [-0.2, -0.15) is 0 Å². The fraction of sp³-hybridized carbons (Fsp3) is 0.391. The molecule has 7 nitrogen and oxygen atoms in total. The van der Waals surface area contributed by atoms with Crippen molar-refractivity contribution >= 4 is 27.5 Å². The van der Waals surface area contributed by atoms with Crippen LogP contribution in [-0.4, -0.2) is 44.8 Å². The molecule has 172 valence electrons. The van der Waals surface area contributed by atoms with Gasteiger partial charge in [0.1, 0.15) is 5.82 Å². The zero-order valence-electron chi connectivity index (χ0n) is 18.2. The number of hydrogen-bond acceptors (Lipinski definition) is 4. The summed E-state index contributed by atoms with van der Waals surface area (Å²) < 4.78 is 41.7. The fourth-order valence-electron chi connectivity index (χ4n) is 3.46. The highest BCUT2D eigenvalue weighted by molar-refractivity contribution is 7.89. The lowest BCUT2D eigenvalue weighted by atomic mass is 9.96. The van der Waals surface area contributed by atoms with Crippen LogP contribution in [0.1, 0.15) is 37.0 Å². The highest BCUT2D eigenvalue weighted by Crippen LogP contribution is 2.21. The molecule has 0 aliphatic carbocycles. The number of carbonyl (C=O) groups is 2. The Labute approximate surface area is 188 Å². The second kappa shape index (κ2) is 10.2. The van der Waals surface area contributed by atoms with E-state index in [9.17, 15) is 22.4 Å². The summed E-state index contributed by atoms with van der Waals surface area (Å²) in [6.45, 7) is 4.71. The Morgan fingerprint density at radius 3 is 2.28 bits per heavy atom. The average molecular weight is 462 g/mol. The Bertz CT molecular complexity index is 1060. The zero-order chi connectivity index (χ0) is 23.3. The van der Waals surface area contributed by atoms with Gasteiger partial charge in [0.05, 0.1) is 10.5 Å². The number of nitrogens with one attached hydrogen (secondary N) is 2. The van der Waals surface area contributed by atoms with Crippen LogP contribution in [0.5, 0.6) is 0 Å². The maximum absolute atomic E-state index is 13.9. The third kappa shape index (κ3) is 5.92. The van der Waals surface area contributed by atoms with Crippen LogP contribution in [0, 0.1) is 17.7 Å². The van der Waals surface area contributed by atoms with Crippen molar-refractivity contribution in [1.82, 2.24) is 9.62 Å². The summed E-state index contributed by atoms with van der Waals surface area (Å²) in [5, 5.41) is 2.72. The number of anilines is 1. The Morgan fingerprint density at radius 1 is 1.06 bits per heavy atom. The first-order chi connectivity index (χ1) is 15.2. The van der Waals surface area contributed by atoms with E-state index in [4.69, 9.17) is 0 Å². The van der Waals surface area contributed by atoms with Crippen LogP contribution in [0.4, 0.5) is 10.1 Å². The smallest absolute Gasteiger partial charge is 0.256 e. The molecule has 1 aliphatic heterocycles. The molecule has 9 heteroatoms. The first-order valence-electron chi connectivity index (χ1n) is 10.6. The predicted octanol–water partition coefficient (Wildman–Crippen LogP) is 3.25. The quantitative estimate of drug-likeness (QED) is 0.662. The van der Waals surface area contributed by atoms with Crippen molar-refractivity contribution in [3.63, 3.8) is 0 Å². The molecular weight excluding hydrogens is 433 g/mol. The molecule has 0 saturated carbocycles. The lowest BCUT2D eigenvalue weighted by molar-refractivity contribution is -0.118. The Balaban J connectivity index is 1.51. The fourth-order valence-corrected chi connectivity index (χ4v) is 4.58. The summed E-state index contributed by atoms with van der Waals surface area (Å²) >= 11 is 0. The van der Waals surface area contributed by atoms with Crippen molar-refractivity contribution in [2.75, 3.05) is 25.0 Å². The van der Waals surface area contributed by atoms with Gasteiger partial charge in [0, 0.05) is 31.2 Å². The minimum absolute atomic E-state index is 0.0553. The number of sulfonamides is 1. The average Bonchev–Trinajstić information content (AvgIpc) is 2.78. The van der Waals surface area contributed by atoms with E-state index in [0.29, 0.717) is 31.6 Å². The third-order valence-electron chi connectivity index (χ3n) is 5.52. The van der Waals surface area contributed by atoms with E-state index in [1.54, 1.807) is 43.0 Å². The molecule has 2 aromatic rings. The number of benzene rings is 2.